The second kappa shape index (κ2) is 7.93. The number of rotatable bonds is 6. The first-order valence-corrected chi connectivity index (χ1v) is 7.85. The molecule has 0 saturated heterocycles. The van der Waals surface area contributed by atoms with E-state index in [1.807, 2.05) is 30.3 Å². The minimum Gasteiger partial charge on any atom is -0.497 e. The lowest BCUT2D eigenvalue weighted by Gasteiger charge is -2.01. The number of H-pyrrole nitrogens is 1. The average Bonchev–Trinajstić information content (AvgIpc) is 3.06. The Kier molecular flexibility index (Phi) is 5.23. The van der Waals surface area contributed by atoms with Crippen LogP contribution in [-0.2, 0) is 6.54 Å². The van der Waals surface area contributed by atoms with Gasteiger partial charge in [0.05, 0.1) is 13.3 Å². The Hall–Kier alpha value is -3.68. The van der Waals surface area contributed by atoms with Crippen LogP contribution in [0, 0.1) is 0 Å². The van der Waals surface area contributed by atoms with Crippen molar-refractivity contribution in [1.82, 2.24) is 20.4 Å². The molecule has 8 nitrogen and oxygen atoms in total. The maximum atomic E-state index is 12.2. The molecule has 1 amide bonds. The predicted octanol–water partition coefficient (Wildman–Crippen LogP) is 1.39. The van der Waals surface area contributed by atoms with Gasteiger partial charge in [0.15, 0.2) is 0 Å². The summed E-state index contributed by atoms with van der Waals surface area (Å²) in [6, 6.07) is 16.5. The lowest BCUT2D eigenvalue weighted by molar-refractivity contribution is 0.0944. The zero-order chi connectivity index (χ0) is 18.4. The minimum absolute atomic E-state index is 0.243. The van der Waals surface area contributed by atoms with Crippen LogP contribution in [-0.4, -0.2) is 34.3 Å². The van der Waals surface area contributed by atoms with E-state index in [2.05, 4.69) is 20.7 Å². The molecule has 3 aromatic rings. The molecule has 0 radical (unpaired) electrons. The second-order valence-electron chi connectivity index (χ2n) is 5.36. The first-order valence-electron chi connectivity index (χ1n) is 7.85. The zero-order valence-corrected chi connectivity index (χ0v) is 14.0. The van der Waals surface area contributed by atoms with Crippen LogP contribution in [0.5, 0.6) is 5.75 Å². The van der Waals surface area contributed by atoms with E-state index in [-0.39, 0.29) is 5.69 Å². The smallest absolute Gasteiger partial charge is 0.320 e. The SMILES string of the molecule is COc1ccc(/C=N\n2[nH]nc(C(=O)NCc3ccccc3)c2=O)cc1. The number of carbonyl (C=O) groups excluding carboxylic acids is 1. The van der Waals surface area contributed by atoms with E-state index < -0.39 is 11.5 Å². The van der Waals surface area contributed by atoms with Gasteiger partial charge in [0.1, 0.15) is 5.75 Å². The predicted molar refractivity (Wildman–Crippen MR) is 96.4 cm³/mol. The zero-order valence-electron chi connectivity index (χ0n) is 14.0. The summed E-state index contributed by atoms with van der Waals surface area (Å²) < 4.78 is 5.08. The Morgan fingerprint density at radius 1 is 1.23 bits per heavy atom. The summed E-state index contributed by atoms with van der Waals surface area (Å²) in [7, 11) is 1.58. The van der Waals surface area contributed by atoms with Crippen molar-refractivity contribution in [2.75, 3.05) is 7.11 Å². The highest BCUT2D eigenvalue weighted by atomic mass is 16.5. The fraction of sp³-hybridized carbons (Fsp3) is 0.111. The third-order valence-electron chi connectivity index (χ3n) is 3.60. The highest BCUT2D eigenvalue weighted by Gasteiger charge is 2.16. The van der Waals surface area contributed by atoms with Crippen LogP contribution in [0.3, 0.4) is 0 Å². The molecule has 0 aliphatic carbocycles. The quantitative estimate of drug-likeness (QED) is 0.655. The van der Waals surface area contributed by atoms with Gasteiger partial charge < -0.3 is 10.1 Å². The molecule has 0 bridgehead atoms. The van der Waals surface area contributed by atoms with Gasteiger partial charge >= 0.3 is 5.56 Å². The van der Waals surface area contributed by atoms with E-state index in [0.717, 1.165) is 21.7 Å². The van der Waals surface area contributed by atoms with Crippen LogP contribution in [0.2, 0.25) is 0 Å². The summed E-state index contributed by atoms with van der Waals surface area (Å²) >= 11 is 0. The van der Waals surface area contributed by atoms with Crippen molar-refractivity contribution in [3.8, 4) is 5.75 Å². The molecule has 2 aromatic carbocycles. The first-order chi connectivity index (χ1) is 12.7. The molecule has 2 N–H and O–H groups in total. The van der Waals surface area contributed by atoms with Crippen LogP contribution < -0.4 is 15.6 Å². The molecular formula is C18H17N5O3. The third-order valence-corrected chi connectivity index (χ3v) is 3.60. The molecule has 3 rings (SSSR count). The van der Waals surface area contributed by atoms with E-state index in [1.54, 1.807) is 31.4 Å². The summed E-state index contributed by atoms with van der Waals surface area (Å²) in [5.41, 5.74) is 0.824. The van der Waals surface area contributed by atoms with Crippen molar-refractivity contribution in [2.45, 2.75) is 6.54 Å². The first kappa shape index (κ1) is 17.2. The molecule has 0 aliphatic heterocycles. The standard InChI is InChI=1S/C18H17N5O3/c1-26-15-9-7-14(8-10-15)12-20-23-18(25)16(21-22-23)17(24)19-11-13-5-3-2-4-6-13/h2-10,12,22H,11H2,1H3,(H,19,24)/b20-12-. The van der Waals surface area contributed by atoms with E-state index in [0.29, 0.717) is 6.54 Å². The van der Waals surface area contributed by atoms with Crippen molar-refractivity contribution < 1.29 is 9.53 Å². The number of hydrogen-bond donors (Lipinski definition) is 2. The van der Waals surface area contributed by atoms with Crippen molar-refractivity contribution in [2.24, 2.45) is 5.10 Å². The van der Waals surface area contributed by atoms with Crippen molar-refractivity contribution in [3.63, 3.8) is 0 Å². The van der Waals surface area contributed by atoms with Gasteiger partial charge in [0.2, 0.25) is 5.69 Å². The normalized spacial score (nSPS) is 10.8. The van der Waals surface area contributed by atoms with Gasteiger partial charge in [-0.25, -0.2) is 0 Å². The van der Waals surface area contributed by atoms with E-state index >= 15 is 0 Å². The van der Waals surface area contributed by atoms with Gasteiger partial charge in [-0.05, 0) is 35.4 Å². The summed E-state index contributed by atoms with van der Waals surface area (Å²) in [5, 5.41) is 12.8. The molecular weight excluding hydrogens is 334 g/mol. The summed E-state index contributed by atoms with van der Waals surface area (Å²) in [5.74, 6) is 0.159. The lowest BCUT2D eigenvalue weighted by atomic mass is 10.2. The maximum absolute atomic E-state index is 12.2. The van der Waals surface area contributed by atoms with Gasteiger partial charge in [0.25, 0.3) is 5.91 Å². The molecule has 0 atom stereocenters. The molecule has 0 fully saturated rings. The number of methoxy groups -OCH3 is 1. The monoisotopic (exact) mass is 351 g/mol. The molecule has 0 unspecified atom stereocenters. The minimum atomic E-state index is -0.625. The highest BCUT2D eigenvalue weighted by Crippen LogP contribution is 2.09. The van der Waals surface area contributed by atoms with Gasteiger partial charge in [-0.15, -0.1) is 9.89 Å². The lowest BCUT2D eigenvalue weighted by Crippen LogP contribution is -2.29. The number of ether oxygens (including phenoxy) is 1. The third kappa shape index (κ3) is 4.04. The maximum Gasteiger partial charge on any atom is 0.320 e. The molecule has 0 aliphatic rings. The molecule has 0 spiro atoms. The van der Waals surface area contributed by atoms with Gasteiger partial charge in [0, 0.05) is 6.54 Å². The van der Waals surface area contributed by atoms with Crippen LogP contribution in [0.15, 0.2) is 64.5 Å². The Labute approximate surface area is 149 Å². The highest BCUT2D eigenvalue weighted by molar-refractivity contribution is 5.91. The van der Waals surface area contributed by atoms with E-state index in [4.69, 9.17) is 4.74 Å². The molecule has 0 saturated carbocycles. The van der Waals surface area contributed by atoms with Crippen molar-refractivity contribution in [3.05, 3.63) is 81.8 Å². The summed E-state index contributed by atoms with van der Waals surface area (Å²) in [6.07, 6.45) is 1.48. The van der Waals surface area contributed by atoms with Gasteiger partial charge in [-0.2, -0.15) is 10.3 Å². The summed E-state index contributed by atoms with van der Waals surface area (Å²) in [4.78, 5) is 25.2. The number of aromatic nitrogens is 3. The summed E-state index contributed by atoms with van der Waals surface area (Å²) in [6.45, 7) is 0.307. The van der Waals surface area contributed by atoms with Crippen molar-refractivity contribution >= 4 is 12.1 Å². The fourth-order valence-electron chi connectivity index (χ4n) is 2.19. The van der Waals surface area contributed by atoms with Gasteiger partial charge in [-0.1, -0.05) is 30.3 Å². The number of aromatic amines is 1. The molecule has 132 valence electrons. The number of nitrogens with one attached hydrogen (secondary N) is 2. The molecule has 1 heterocycles. The second-order valence-corrected chi connectivity index (χ2v) is 5.36. The number of nitrogens with zero attached hydrogens (tertiary/aromatic N) is 3. The number of amides is 1. The van der Waals surface area contributed by atoms with Crippen LogP contribution in [0.1, 0.15) is 21.6 Å². The average molecular weight is 351 g/mol. The molecule has 26 heavy (non-hydrogen) atoms. The Morgan fingerprint density at radius 3 is 2.65 bits per heavy atom. The van der Waals surface area contributed by atoms with Crippen molar-refractivity contribution in [1.29, 1.82) is 0 Å². The Balaban J connectivity index is 1.67. The molecule has 1 aromatic heterocycles. The largest absolute Gasteiger partial charge is 0.497 e. The Morgan fingerprint density at radius 2 is 1.96 bits per heavy atom. The molecule has 8 heteroatoms. The van der Waals surface area contributed by atoms with Crippen LogP contribution in [0.25, 0.3) is 0 Å². The van der Waals surface area contributed by atoms with Gasteiger partial charge in [-0.3, -0.25) is 9.59 Å². The number of benzene rings is 2. The van der Waals surface area contributed by atoms with Crippen LogP contribution in [0.4, 0.5) is 0 Å². The van der Waals surface area contributed by atoms with E-state index in [1.165, 1.54) is 6.21 Å². The van der Waals surface area contributed by atoms with Crippen LogP contribution >= 0.6 is 0 Å². The fourth-order valence-corrected chi connectivity index (χ4v) is 2.19. The number of hydrogen-bond acceptors (Lipinski definition) is 5. The Bertz CT molecular complexity index is 958. The van der Waals surface area contributed by atoms with E-state index in [9.17, 15) is 9.59 Å². The number of carbonyl (C=O) groups is 1. The topological polar surface area (TPSA) is 101 Å².